The average molecular weight is 245 g/mol. The second-order valence-electron chi connectivity index (χ2n) is 4.55. The summed E-state index contributed by atoms with van der Waals surface area (Å²) in [6, 6.07) is 0. The molecule has 0 aromatic carbocycles. The minimum atomic E-state index is -0.589. The number of likely N-dealkylation sites (N-methyl/N-ethyl adjacent to an activating group) is 1. The molecule has 0 spiro atoms. The number of hydrogen-bond acceptors (Lipinski definition) is 3. The average Bonchev–Trinajstić information content (AvgIpc) is 2.28. The molecule has 0 radical (unpaired) electrons. The van der Waals surface area contributed by atoms with E-state index in [2.05, 4.69) is 6.92 Å². The number of unbranched alkanes of at least 4 members (excludes halogenated alkanes) is 4. The zero-order chi connectivity index (χ0) is 13.1. The highest BCUT2D eigenvalue weighted by Gasteiger charge is 2.12. The summed E-state index contributed by atoms with van der Waals surface area (Å²) in [5.74, 6) is 0.108. The van der Waals surface area contributed by atoms with Gasteiger partial charge in [-0.3, -0.25) is 4.79 Å². The lowest BCUT2D eigenvalue weighted by Crippen LogP contribution is -2.36. The Morgan fingerprint density at radius 1 is 1.29 bits per heavy atom. The van der Waals surface area contributed by atoms with E-state index in [1.807, 2.05) is 0 Å². The molecule has 0 bridgehead atoms. The summed E-state index contributed by atoms with van der Waals surface area (Å²) in [4.78, 5) is 13.3. The van der Waals surface area contributed by atoms with Crippen molar-refractivity contribution in [2.45, 2.75) is 51.6 Å². The van der Waals surface area contributed by atoms with Gasteiger partial charge in [0, 0.05) is 27.1 Å². The maximum atomic E-state index is 11.7. The number of carbonyl (C=O) groups excluding carboxylic acids is 1. The van der Waals surface area contributed by atoms with Gasteiger partial charge >= 0.3 is 0 Å². The van der Waals surface area contributed by atoms with Crippen LogP contribution in [0.25, 0.3) is 0 Å². The van der Waals surface area contributed by atoms with Crippen LogP contribution in [0.5, 0.6) is 0 Å². The molecule has 0 saturated carbocycles. The van der Waals surface area contributed by atoms with Gasteiger partial charge < -0.3 is 14.7 Å². The van der Waals surface area contributed by atoms with Crippen molar-refractivity contribution in [3.05, 3.63) is 0 Å². The number of rotatable bonds is 10. The van der Waals surface area contributed by atoms with Crippen LogP contribution in [0.3, 0.4) is 0 Å². The Balaban J connectivity index is 3.60. The molecule has 1 amide bonds. The summed E-state index contributed by atoms with van der Waals surface area (Å²) in [7, 11) is 3.27. The summed E-state index contributed by atoms with van der Waals surface area (Å²) >= 11 is 0. The zero-order valence-corrected chi connectivity index (χ0v) is 11.4. The van der Waals surface area contributed by atoms with Crippen molar-refractivity contribution in [3.8, 4) is 0 Å². The largest absolute Gasteiger partial charge is 0.389 e. The second kappa shape index (κ2) is 10.5. The van der Waals surface area contributed by atoms with Gasteiger partial charge in [-0.05, 0) is 6.42 Å². The number of carbonyl (C=O) groups is 1. The lowest BCUT2D eigenvalue weighted by Gasteiger charge is -2.20. The van der Waals surface area contributed by atoms with E-state index in [0.717, 1.165) is 12.8 Å². The summed E-state index contributed by atoms with van der Waals surface area (Å²) in [5, 5.41) is 9.49. The minimum absolute atomic E-state index is 0.108. The number of aliphatic hydroxyl groups is 1. The Morgan fingerprint density at radius 2 is 1.94 bits per heavy atom. The van der Waals surface area contributed by atoms with E-state index >= 15 is 0 Å². The van der Waals surface area contributed by atoms with Crippen molar-refractivity contribution < 1.29 is 14.6 Å². The van der Waals surface area contributed by atoms with Crippen LogP contribution in [-0.4, -0.2) is 49.3 Å². The van der Waals surface area contributed by atoms with E-state index in [4.69, 9.17) is 4.74 Å². The Hall–Kier alpha value is -0.610. The molecule has 0 saturated heterocycles. The highest BCUT2D eigenvalue weighted by atomic mass is 16.5. The van der Waals surface area contributed by atoms with Gasteiger partial charge in [-0.1, -0.05) is 32.6 Å². The van der Waals surface area contributed by atoms with E-state index in [9.17, 15) is 9.90 Å². The van der Waals surface area contributed by atoms with E-state index in [0.29, 0.717) is 13.0 Å². The fraction of sp³-hybridized carbons (Fsp3) is 0.923. The van der Waals surface area contributed by atoms with Gasteiger partial charge in [0.1, 0.15) is 0 Å². The fourth-order valence-electron chi connectivity index (χ4n) is 1.73. The van der Waals surface area contributed by atoms with Crippen LogP contribution in [0, 0.1) is 0 Å². The molecule has 1 unspecified atom stereocenters. The first-order chi connectivity index (χ1) is 8.11. The third kappa shape index (κ3) is 9.12. The normalized spacial score (nSPS) is 12.5. The molecule has 17 heavy (non-hydrogen) atoms. The fourth-order valence-corrected chi connectivity index (χ4v) is 1.73. The highest BCUT2D eigenvalue weighted by Crippen LogP contribution is 2.06. The molecule has 0 fully saturated rings. The Kier molecular flexibility index (Phi) is 10.2. The van der Waals surface area contributed by atoms with Gasteiger partial charge in [-0.25, -0.2) is 0 Å². The van der Waals surface area contributed by atoms with Gasteiger partial charge in [0.2, 0.25) is 5.91 Å². The molecule has 0 aliphatic carbocycles. The molecule has 102 valence electrons. The summed E-state index contributed by atoms with van der Waals surface area (Å²) in [5.41, 5.74) is 0. The summed E-state index contributed by atoms with van der Waals surface area (Å²) in [6.07, 6.45) is 5.74. The standard InChI is InChI=1S/C13H27NO3/c1-4-5-6-7-8-9-13(16)14(2)10-12(15)11-17-3/h12,15H,4-11H2,1-3H3. The number of aliphatic hydroxyl groups excluding tert-OH is 1. The quantitative estimate of drug-likeness (QED) is 0.597. The van der Waals surface area contributed by atoms with Gasteiger partial charge in [-0.2, -0.15) is 0 Å². The molecule has 0 aliphatic heterocycles. The van der Waals surface area contributed by atoms with E-state index < -0.39 is 6.10 Å². The topological polar surface area (TPSA) is 49.8 Å². The molecular formula is C13H27NO3. The lowest BCUT2D eigenvalue weighted by atomic mass is 10.1. The first-order valence-electron chi connectivity index (χ1n) is 6.52. The number of amides is 1. The first kappa shape index (κ1) is 16.4. The van der Waals surface area contributed by atoms with Crippen molar-refractivity contribution in [2.24, 2.45) is 0 Å². The molecule has 0 rings (SSSR count). The first-order valence-corrected chi connectivity index (χ1v) is 6.52. The maximum absolute atomic E-state index is 11.7. The Morgan fingerprint density at radius 3 is 2.53 bits per heavy atom. The third-order valence-corrected chi connectivity index (χ3v) is 2.76. The van der Waals surface area contributed by atoms with Crippen LogP contribution in [0.15, 0.2) is 0 Å². The number of nitrogens with zero attached hydrogens (tertiary/aromatic N) is 1. The van der Waals surface area contributed by atoms with Crippen LogP contribution in [0.1, 0.15) is 45.4 Å². The van der Waals surface area contributed by atoms with Gasteiger partial charge in [-0.15, -0.1) is 0 Å². The molecule has 1 N–H and O–H groups in total. The van der Waals surface area contributed by atoms with Crippen molar-refractivity contribution >= 4 is 5.91 Å². The summed E-state index contributed by atoms with van der Waals surface area (Å²) in [6.45, 7) is 2.80. The summed E-state index contributed by atoms with van der Waals surface area (Å²) < 4.78 is 4.82. The molecule has 0 aromatic rings. The van der Waals surface area contributed by atoms with Crippen LogP contribution in [-0.2, 0) is 9.53 Å². The number of methoxy groups -OCH3 is 1. The molecule has 0 aromatic heterocycles. The molecule has 4 heteroatoms. The third-order valence-electron chi connectivity index (χ3n) is 2.76. The van der Waals surface area contributed by atoms with Crippen molar-refractivity contribution in [3.63, 3.8) is 0 Å². The van der Waals surface area contributed by atoms with Gasteiger partial charge in [0.15, 0.2) is 0 Å². The minimum Gasteiger partial charge on any atom is -0.389 e. The Bertz CT molecular complexity index is 197. The lowest BCUT2D eigenvalue weighted by molar-refractivity contribution is -0.131. The molecule has 0 heterocycles. The van der Waals surface area contributed by atoms with Crippen LogP contribution < -0.4 is 0 Å². The van der Waals surface area contributed by atoms with E-state index in [1.54, 1.807) is 19.1 Å². The number of hydrogen-bond donors (Lipinski definition) is 1. The van der Waals surface area contributed by atoms with Crippen LogP contribution in [0.2, 0.25) is 0 Å². The predicted octanol–water partition coefficient (Wildman–Crippen LogP) is 1.81. The molecule has 1 atom stereocenters. The SMILES string of the molecule is CCCCCCCC(=O)N(C)CC(O)COC. The number of ether oxygens (including phenoxy) is 1. The van der Waals surface area contributed by atoms with Crippen LogP contribution in [0.4, 0.5) is 0 Å². The van der Waals surface area contributed by atoms with Crippen molar-refractivity contribution in [1.29, 1.82) is 0 Å². The highest BCUT2D eigenvalue weighted by molar-refractivity contribution is 5.75. The van der Waals surface area contributed by atoms with Gasteiger partial charge in [0.25, 0.3) is 0 Å². The molecule has 4 nitrogen and oxygen atoms in total. The van der Waals surface area contributed by atoms with Crippen molar-refractivity contribution in [2.75, 3.05) is 27.3 Å². The zero-order valence-electron chi connectivity index (χ0n) is 11.4. The maximum Gasteiger partial charge on any atom is 0.222 e. The van der Waals surface area contributed by atoms with E-state index in [-0.39, 0.29) is 12.5 Å². The van der Waals surface area contributed by atoms with Crippen LogP contribution >= 0.6 is 0 Å². The smallest absolute Gasteiger partial charge is 0.222 e. The predicted molar refractivity (Wildman–Crippen MR) is 68.9 cm³/mol. The molecular weight excluding hydrogens is 218 g/mol. The molecule has 0 aliphatic rings. The van der Waals surface area contributed by atoms with E-state index in [1.165, 1.54) is 19.3 Å². The monoisotopic (exact) mass is 245 g/mol. The second-order valence-corrected chi connectivity index (χ2v) is 4.55. The van der Waals surface area contributed by atoms with Crippen molar-refractivity contribution in [1.82, 2.24) is 4.90 Å². The Labute approximate surface area is 105 Å². The van der Waals surface area contributed by atoms with Gasteiger partial charge in [0.05, 0.1) is 12.7 Å².